The number of aliphatic hydroxyl groups excluding tert-OH is 3. The number of nitrogens with two attached hydrogens (primary N) is 2. The molecule has 0 aliphatic carbocycles. The minimum absolute atomic E-state index is 0.0108. The Balaban J connectivity index is 1.51. The lowest BCUT2D eigenvalue weighted by Gasteiger charge is -2.31. The van der Waals surface area contributed by atoms with Crippen LogP contribution in [0, 0.1) is 0 Å². The molecule has 1 aliphatic rings. The van der Waals surface area contributed by atoms with Crippen LogP contribution in [-0.2, 0) is 62.4 Å². The first-order valence-corrected chi connectivity index (χ1v) is 25.1. The molecule has 76 heavy (non-hydrogen) atoms. The number of carbonyl (C=O) groups excluding carboxylic acids is 8. The smallest absolute Gasteiger partial charge is 0.326 e. The Kier molecular flexibility index (Phi) is 24.2. The molecule has 1 aliphatic heterocycles. The predicted octanol–water partition coefficient (Wildman–Crippen LogP) is -2.88. The number of amides is 8. The quantitative estimate of drug-likeness (QED) is 0.0311. The molecule has 0 spiro atoms. The number of likely N-dealkylation sites (tertiary alicyclic amines) is 1. The van der Waals surface area contributed by atoms with Crippen LogP contribution in [0.15, 0.2) is 84.9 Å². The van der Waals surface area contributed by atoms with E-state index in [1.807, 2.05) is 0 Å². The Hall–Kier alpha value is -7.51. The van der Waals surface area contributed by atoms with Gasteiger partial charge in [0.05, 0.1) is 24.9 Å². The lowest BCUT2D eigenvalue weighted by Crippen LogP contribution is -2.62. The number of aliphatic carboxylic acids is 1. The molecule has 0 radical (unpaired) electrons. The zero-order chi connectivity index (χ0) is 56.1. The molecule has 3 aromatic rings. The van der Waals surface area contributed by atoms with Gasteiger partial charge in [-0.05, 0) is 88.2 Å². The van der Waals surface area contributed by atoms with Crippen molar-refractivity contribution in [3.8, 4) is 5.75 Å². The fourth-order valence-corrected chi connectivity index (χ4v) is 8.32. The molecular weight excluding hydrogens is 989 g/mol. The number of nitrogens with one attached hydrogen (secondary N) is 7. The topological polar surface area (TPSA) is 394 Å². The third kappa shape index (κ3) is 18.7. The summed E-state index contributed by atoms with van der Waals surface area (Å²) in [5, 5.41) is 69.1. The minimum Gasteiger partial charge on any atom is -0.508 e. The van der Waals surface area contributed by atoms with E-state index in [1.165, 1.54) is 45.0 Å². The van der Waals surface area contributed by atoms with Gasteiger partial charge in [-0.2, -0.15) is 0 Å². The van der Waals surface area contributed by atoms with Crippen molar-refractivity contribution in [1.29, 1.82) is 0 Å². The highest BCUT2D eigenvalue weighted by Crippen LogP contribution is 2.20. The van der Waals surface area contributed by atoms with Crippen molar-refractivity contribution in [1.82, 2.24) is 42.1 Å². The van der Waals surface area contributed by atoms with E-state index < -0.39 is 126 Å². The highest BCUT2D eigenvalue weighted by Gasteiger charge is 2.41. The molecule has 8 amide bonds. The maximum atomic E-state index is 14.2. The summed E-state index contributed by atoms with van der Waals surface area (Å²) in [7, 11) is 0. The van der Waals surface area contributed by atoms with E-state index in [1.54, 1.807) is 60.7 Å². The summed E-state index contributed by atoms with van der Waals surface area (Å²) < 4.78 is 0. The Morgan fingerprint density at radius 2 is 1.01 bits per heavy atom. The molecule has 0 saturated carbocycles. The van der Waals surface area contributed by atoms with Crippen LogP contribution in [-0.4, -0.2) is 170 Å². The first-order valence-electron chi connectivity index (χ1n) is 25.1. The van der Waals surface area contributed by atoms with Crippen molar-refractivity contribution < 1.29 is 68.7 Å². The number of carbonyl (C=O) groups is 9. The second-order valence-electron chi connectivity index (χ2n) is 18.8. The first-order chi connectivity index (χ1) is 36.1. The SMILES string of the molecule is C[C@H](N)C(=O)N[C@@H](Cc1ccccc1)C(=O)N[C@H](C(=O)N[C@@H](Cc1ccccc1)C(=O)N[C@@H](CO)C(=O)N1CCC[C@H]1C(=O)N[C@H](C(=O)N[C@@H](Cc1ccc(O)cc1)C(=O)N[C@@H](CCCCN)C(=O)O)[C@@H](C)O)[C@@H](C)O. The highest BCUT2D eigenvalue weighted by molar-refractivity contribution is 5.98. The maximum Gasteiger partial charge on any atom is 0.326 e. The van der Waals surface area contributed by atoms with Crippen molar-refractivity contribution in [3.63, 3.8) is 0 Å². The summed E-state index contributed by atoms with van der Waals surface area (Å²) in [4.78, 5) is 123. The highest BCUT2D eigenvalue weighted by atomic mass is 16.4. The fourth-order valence-electron chi connectivity index (χ4n) is 8.32. The Morgan fingerprint density at radius 3 is 1.46 bits per heavy atom. The van der Waals surface area contributed by atoms with Crippen molar-refractivity contribution in [2.24, 2.45) is 11.5 Å². The number of benzene rings is 3. The predicted molar refractivity (Wildman–Crippen MR) is 275 cm³/mol. The number of hydrogen-bond acceptors (Lipinski definition) is 15. The Morgan fingerprint density at radius 1 is 0.579 bits per heavy atom. The lowest BCUT2D eigenvalue weighted by molar-refractivity contribution is -0.144. The van der Waals surface area contributed by atoms with Gasteiger partial charge in [-0.3, -0.25) is 38.4 Å². The van der Waals surface area contributed by atoms with E-state index in [0.29, 0.717) is 36.1 Å². The number of unbranched alkanes of at least 4 members (excludes halogenated alkanes) is 1. The average molecular weight is 1060 g/mol. The molecule has 24 nitrogen and oxygen atoms in total. The summed E-state index contributed by atoms with van der Waals surface area (Å²) in [6.07, 6.45) is -2.32. The van der Waals surface area contributed by atoms with Crippen LogP contribution in [0.2, 0.25) is 0 Å². The van der Waals surface area contributed by atoms with Gasteiger partial charge in [-0.25, -0.2) is 4.79 Å². The Bertz CT molecular complexity index is 2430. The number of hydrogen-bond donors (Lipinski definition) is 14. The number of carboxylic acid groups (broad SMARTS) is 1. The molecule has 1 saturated heterocycles. The molecule has 414 valence electrons. The standard InChI is InChI=1S/C52H72N10O14/c1-29(54)44(67)56-39(26-33-15-8-5-9-16-33)47(70)60-42(30(2)64)49(72)57-37(25-32-13-6-4-7-14-32)46(69)59-40(28-63)51(74)62-24-12-18-41(62)48(71)61-43(31(3)65)50(73)58-38(27-34-19-21-35(66)22-20-34)45(68)55-36(52(75)76)17-10-11-23-53/h4-9,13-16,19-22,29-31,36-43,63-66H,10-12,17-18,23-28,53-54H2,1-3H3,(H,55,68)(H,56,67)(H,57,72)(H,58,73)(H,59,69)(H,60,70)(H,61,71)(H,75,76)/t29-,30+,31+,36-,37-,38-,39-,40-,41-,42-,43-/m0/s1. The van der Waals surface area contributed by atoms with Crippen LogP contribution in [0.25, 0.3) is 0 Å². The largest absolute Gasteiger partial charge is 0.508 e. The van der Waals surface area contributed by atoms with E-state index in [9.17, 15) is 68.7 Å². The van der Waals surface area contributed by atoms with Crippen LogP contribution in [0.1, 0.15) is 69.6 Å². The Labute approximate surface area is 440 Å². The average Bonchev–Trinajstić information content (AvgIpc) is 3.89. The number of phenols is 1. The molecule has 1 heterocycles. The third-order valence-electron chi connectivity index (χ3n) is 12.6. The fraction of sp³-hybridized carbons (Fsp3) is 0.481. The maximum absolute atomic E-state index is 14.2. The molecule has 1 fully saturated rings. The van der Waals surface area contributed by atoms with Crippen LogP contribution in [0.3, 0.4) is 0 Å². The van der Waals surface area contributed by atoms with E-state index in [0.717, 1.165) is 4.90 Å². The second kappa shape index (κ2) is 30.1. The monoisotopic (exact) mass is 1060 g/mol. The van der Waals surface area contributed by atoms with Gasteiger partial charge in [-0.1, -0.05) is 72.8 Å². The summed E-state index contributed by atoms with van der Waals surface area (Å²) in [5.41, 5.74) is 13.0. The summed E-state index contributed by atoms with van der Waals surface area (Å²) in [5.74, 6) is -8.69. The van der Waals surface area contributed by atoms with E-state index in [-0.39, 0.29) is 50.8 Å². The van der Waals surface area contributed by atoms with Gasteiger partial charge in [0, 0.05) is 25.8 Å². The molecule has 0 aromatic heterocycles. The van der Waals surface area contributed by atoms with Crippen molar-refractivity contribution >= 4 is 53.2 Å². The van der Waals surface area contributed by atoms with E-state index in [4.69, 9.17) is 11.5 Å². The van der Waals surface area contributed by atoms with Gasteiger partial charge < -0.3 is 79.1 Å². The van der Waals surface area contributed by atoms with E-state index in [2.05, 4.69) is 37.2 Å². The minimum atomic E-state index is -1.73. The number of nitrogens with zero attached hydrogens (tertiary/aromatic N) is 1. The zero-order valence-corrected chi connectivity index (χ0v) is 42.7. The molecule has 24 heteroatoms. The van der Waals surface area contributed by atoms with Gasteiger partial charge in [0.1, 0.15) is 54.1 Å². The second-order valence-corrected chi connectivity index (χ2v) is 18.8. The first kappa shape index (κ1) is 61.0. The number of rotatable bonds is 29. The lowest BCUT2D eigenvalue weighted by atomic mass is 10.0. The molecule has 0 unspecified atom stereocenters. The number of aromatic hydroxyl groups is 1. The summed E-state index contributed by atoms with van der Waals surface area (Å²) in [6.45, 7) is 3.11. The van der Waals surface area contributed by atoms with Crippen LogP contribution >= 0.6 is 0 Å². The number of carboxylic acids is 1. The van der Waals surface area contributed by atoms with Gasteiger partial charge >= 0.3 is 5.97 Å². The van der Waals surface area contributed by atoms with Crippen molar-refractivity contribution in [3.05, 3.63) is 102 Å². The van der Waals surface area contributed by atoms with Crippen LogP contribution < -0.4 is 48.7 Å². The molecule has 4 rings (SSSR count). The molecular formula is C52H72N10O14. The summed E-state index contributed by atoms with van der Waals surface area (Å²) in [6, 6.07) is 9.76. The number of aliphatic hydroxyl groups is 3. The molecule has 3 aromatic carbocycles. The van der Waals surface area contributed by atoms with Crippen LogP contribution in [0.5, 0.6) is 5.75 Å². The van der Waals surface area contributed by atoms with Crippen molar-refractivity contribution in [2.75, 3.05) is 19.7 Å². The van der Waals surface area contributed by atoms with Crippen LogP contribution in [0.4, 0.5) is 0 Å². The molecule has 11 atom stereocenters. The van der Waals surface area contributed by atoms with Gasteiger partial charge in [0.25, 0.3) is 0 Å². The third-order valence-corrected chi connectivity index (χ3v) is 12.6. The molecule has 0 bridgehead atoms. The van der Waals surface area contributed by atoms with Gasteiger partial charge in [-0.15, -0.1) is 0 Å². The number of phenolic OH excluding ortho intramolecular Hbond substituents is 1. The van der Waals surface area contributed by atoms with Gasteiger partial charge in [0.15, 0.2) is 0 Å². The zero-order valence-electron chi connectivity index (χ0n) is 42.7. The normalized spacial score (nSPS) is 17.1. The summed E-state index contributed by atoms with van der Waals surface area (Å²) >= 11 is 0. The van der Waals surface area contributed by atoms with Gasteiger partial charge in [0.2, 0.25) is 47.3 Å². The van der Waals surface area contributed by atoms with E-state index >= 15 is 0 Å². The molecule has 16 N–H and O–H groups in total. The van der Waals surface area contributed by atoms with Crippen molar-refractivity contribution in [2.45, 2.75) is 139 Å².